The third-order valence-electron chi connectivity index (χ3n) is 8.21. The van der Waals surface area contributed by atoms with E-state index in [4.69, 9.17) is 4.74 Å². The van der Waals surface area contributed by atoms with Crippen LogP contribution in [0.4, 0.5) is 5.69 Å². The van der Waals surface area contributed by atoms with Crippen LogP contribution in [0.2, 0.25) is 0 Å². The average Bonchev–Trinajstić information content (AvgIpc) is 3.68. The van der Waals surface area contributed by atoms with Crippen LogP contribution in [0.5, 0.6) is 0 Å². The third-order valence-corrected chi connectivity index (χ3v) is 8.21. The number of carbonyl (C=O) groups excluding carboxylic acids is 1. The number of amides is 1. The highest BCUT2D eigenvalue weighted by molar-refractivity contribution is 5.85. The van der Waals surface area contributed by atoms with Crippen molar-refractivity contribution in [2.75, 3.05) is 24.5 Å². The van der Waals surface area contributed by atoms with Crippen molar-refractivity contribution in [1.29, 1.82) is 5.26 Å². The molecule has 1 unspecified atom stereocenters. The number of anilines is 1. The highest BCUT2D eigenvalue weighted by atomic mass is 16.5. The normalized spacial score (nSPS) is 26.0. The lowest BCUT2D eigenvalue weighted by Gasteiger charge is -2.46. The SMILES string of the molecule is CC(C)C1CN(c2cc(C3CC3)c3c(c2C#N)CC(C)(C)OC3)CCN1C(=O)C1(C)CC1. The monoisotopic (exact) mass is 435 g/mol. The molecule has 2 saturated carbocycles. The van der Waals surface area contributed by atoms with Gasteiger partial charge in [-0.1, -0.05) is 20.8 Å². The number of nitriles is 1. The predicted molar refractivity (Wildman–Crippen MR) is 126 cm³/mol. The Balaban J connectivity index is 1.51. The molecule has 1 saturated heterocycles. The molecule has 4 aliphatic rings. The van der Waals surface area contributed by atoms with Gasteiger partial charge in [0.05, 0.1) is 29.5 Å². The van der Waals surface area contributed by atoms with Gasteiger partial charge in [-0.2, -0.15) is 5.26 Å². The first kappa shape index (κ1) is 21.8. The molecule has 5 rings (SSSR count). The van der Waals surface area contributed by atoms with Gasteiger partial charge in [0.15, 0.2) is 0 Å². The van der Waals surface area contributed by atoms with Gasteiger partial charge in [-0.05, 0) is 74.1 Å². The number of rotatable bonds is 4. The van der Waals surface area contributed by atoms with Crippen LogP contribution in [0.3, 0.4) is 0 Å². The smallest absolute Gasteiger partial charge is 0.228 e. The minimum atomic E-state index is -0.247. The van der Waals surface area contributed by atoms with E-state index in [0.717, 1.165) is 50.1 Å². The van der Waals surface area contributed by atoms with E-state index >= 15 is 0 Å². The minimum Gasteiger partial charge on any atom is -0.371 e. The largest absolute Gasteiger partial charge is 0.371 e. The number of piperazine rings is 1. The van der Waals surface area contributed by atoms with Gasteiger partial charge >= 0.3 is 0 Å². The molecule has 3 fully saturated rings. The molecule has 0 bridgehead atoms. The fourth-order valence-corrected chi connectivity index (χ4v) is 5.63. The zero-order valence-electron chi connectivity index (χ0n) is 20.3. The van der Waals surface area contributed by atoms with Crippen molar-refractivity contribution in [3.05, 3.63) is 28.3 Å². The van der Waals surface area contributed by atoms with Crippen molar-refractivity contribution in [3.63, 3.8) is 0 Å². The molecule has 0 radical (unpaired) electrons. The Labute approximate surface area is 192 Å². The number of carbonyl (C=O) groups is 1. The molecule has 0 aromatic heterocycles. The Kier molecular flexibility index (Phi) is 5.09. The maximum atomic E-state index is 13.2. The highest BCUT2D eigenvalue weighted by Gasteiger charge is 2.49. The Morgan fingerprint density at radius 1 is 1.19 bits per heavy atom. The van der Waals surface area contributed by atoms with E-state index in [1.807, 2.05) is 0 Å². The van der Waals surface area contributed by atoms with Gasteiger partial charge in [0.2, 0.25) is 5.91 Å². The van der Waals surface area contributed by atoms with Crippen LogP contribution in [0.1, 0.15) is 88.5 Å². The second-order valence-electron chi connectivity index (χ2n) is 11.7. The average molecular weight is 436 g/mol. The van der Waals surface area contributed by atoms with E-state index < -0.39 is 0 Å². The first-order valence-electron chi connectivity index (χ1n) is 12.4. The van der Waals surface area contributed by atoms with Crippen molar-refractivity contribution in [1.82, 2.24) is 4.90 Å². The number of hydrogen-bond donors (Lipinski definition) is 0. The molecule has 2 heterocycles. The van der Waals surface area contributed by atoms with Crippen molar-refractivity contribution in [3.8, 4) is 6.07 Å². The fraction of sp³-hybridized carbons (Fsp3) is 0.704. The van der Waals surface area contributed by atoms with Crippen molar-refractivity contribution < 1.29 is 9.53 Å². The third kappa shape index (κ3) is 3.71. The molecule has 0 spiro atoms. The van der Waals surface area contributed by atoms with Crippen LogP contribution in [-0.2, 0) is 22.6 Å². The summed E-state index contributed by atoms with van der Waals surface area (Å²) in [5.74, 6) is 1.32. The minimum absolute atomic E-state index is 0.135. The van der Waals surface area contributed by atoms with E-state index in [2.05, 4.69) is 56.6 Å². The standard InChI is InChI=1S/C27H37N3O2/c1-17(2)24-15-29(10-11-30(24)25(31)27(5)8-9-27)23-12-19(18-6-7-18)22-16-32-26(3,4)13-20(22)21(23)14-28/h12,17-18,24H,6-11,13,15-16H2,1-5H3. The van der Waals surface area contributed by atoms with E-state index in [9.17, 15) is 10.1 Å². The summed E-state index contributed by atoms with van der Waals surface area (Å²) in [5.41, 5.74) is 5.40. The van der Waals surface area contributed by atoms with Crippen LogP contribution in [0, 0.1) is 22.7 Å². The van der Waals surface area contributed by atoms with E-state index in [0.29, 0.717) is 24.3 Å². The molecule has 0 N–H and O–H groups in total. The molecule has 32 heavy (non-hydrogen) atoms. The van der Waals surface area contributed by atoms with Crippen LogP contribution < -0.4 is 4.90 Å². The van der Waals surface area contributed by atoms with Crippen LogP contribution in [0.25, 0.3) is 0 Å². The van der Waals surface area contributed by atoms with Gasteiger partial charge in [-0.25, -0.2) is 0 Å². The molecule has 1 amide bonds. The van der Waals surface area contributed by atoms with E-state index in [1.165, 1.54) is 29.5 Å². The molecule has 2 aliphatic carbocycles. The summed E-state index contributed by atoms with van der Waals surface area (Å²) >= 11 is 0. The lowest BCUT2D eigenvalue weighted by molar-refractivity contribution is -0.140. The molecule has 1 aromatic rings. The van der Waals surface area contributed by atoms with Gasteiger partial charge in [0.25, 0.3) is 0 Å². The Hall–Kier alpha value is -2.06. The molecule has 5 nitrogen and oxygen atoms in total. The summed E-state index contributed by atoms with van der Waals surface area (Å²) in [6.45, 7) is 13.7. The summed E-state index contributed by atoms with van der Waals surface area (Å²) < 4.78 is 6.15. The van der Waals surface area contributed by atoms with Crippen LogP contribution >= 0.6 is 0 Å². The maximum Gasteiger partial charge on any atom is 0.228 e. The first-order chi connectivity index (χ1) is 15.1. The van der Waals surface area contributed by atoms with Gasteiger partial charge in [0.1, 0.15) is 6.07 Å². The number of ether oxygens (including phenoxy) is 1. The topological polar surface area (TPSA) is 56.6 Å². The Morgan fingerprint density at radius 3 is 2.50 bits per heavy atom. The van der Waals surface area contributed by atoms with E-state index in [-0.39, 0.29) is 17.1 Å². The number of fused-ring (bicyclic) bond motifs is 1. The summed E-state index contributed by atoms with van der Waals surface area (Å²) in [7, 11) is 0. The van der Waals surface area contributed by atoms with Gasteiger partial charge in [-0.15, -0.1) is 0 Å². The zero-order valence-corrected chi connectivity index (χ0v) is 20.3. The number of hydrogen-bond acceptors (Lipinski definition) is 4. The Bertz CT molecular complexity index is 982. The van der Waals surface area contributed by atoms with Crippen molar-refractivity contribution in [2.45, 2.75) is 90.9 Å². The van der Waals surface area contributed by atoms with E-state index in [1.54, 1.807) is 0 Å². The highest BCUT2D eigenvalue weighted by Crippen LogP contribution is 2.49. The lowest BCUT2D eigenvalue weighted by atomic mass is 9.83. The lowest BCUT2D eigenvalue weighted by Crippen LogP contribution is -2.58. The molecular formula is C27H37N3O2. The van der Waals surface area contributed by atoms with Gasteiger partial charge in [-0.3, -0.25) is 4.79 Å². The molecular weight excluding hydrogens is 398 g/mol. The summed E-state index contributed by atoms with van der Waals surface area (Å²) in [6.07, 6.45) is 5.28. The molecule has 5 heteroatoms. The van der Waals surface area contributed by atoms with Crippen molar-refractivity contribution >= 4 is 11.6 Å². The first-order valence-corrected chi connectivity index (χ1v) is 12.4. The quantitative estimate of drug-likeness (QED) is 0.684. The number of nitrogens with zero attached hydrogens (tertiary/aromatic N) is 3. The molecule has 2 aliphatic heterocycles. The van der Waals surface area contributed by atoms with Gasteiger partial charge in [0, 0.05) is 31.5 Å². The fourth-order valence-electron chi connectivity index (χ4n) is 5.63. The maximum absolute atomic E-state index is 13.2. The Morgan fingerprint density at radius 2 is 1.91 bits per heavy atom. The summed E-state index contributed by atoms with van der Waals surface area (Å²) in [6, 6.07) is 5.06. The predicted octanol–water partition coefficient (Wildman–Crippen LogP) is 4.76. The van der Waals surface area contributed by atoms with Crippen LogP contribution in [0.15, 0.2) is 6.07 Å². The molecule has 172 valence electrons. The number of benzene rings is 1. The second kappa shape index (κ2) is 7.48. The summed E-state index contributed by atoms with van der Waals surface area (Å²) in [5, 5.41) is 10.3. The molecule has 1 atom stereocenters. The van der Waals surface area contributed by atoms with Gasteiger partial charge < -0.3 is 14.5 Å². The van der Waals surface area contributed by atoms with Crippen LogP contribution in [-0.4, -0.2) is 42.1 Å². The zero-order chi connectivity index (χ0) is 22.8. The summed E-state index contributed by atoms with van der Waals surface area (Å²) in [4.78, 5) is 17.8. The second-order valence-corrected chi connectivity index (χ2v) is 11.7. The van der Waals surface area contributed by atoms with Crippen molar-refractivity contribution in [2.24, 2.45) is 11.3 Å². The molecule has 1 aromatic carbocycles.